The zero-order chi connectivity index (χ0) is 11.2. The van der Waals surface area contributed by atoms with Crippen LogP contribution in [0.15, 0.2) is 48.7 Å². The third kappa shape index (κ3) is 2.46. The summed E-state index contributed by atoms with van der Waals surface area (Å²) in [6.07, 6.45) is 5.49. The standard InChI is InChI=1S/C13H12N2O/c16-15-13-7-4-10-14-12(13)9-8-11-5-2-1-3-6-11/h1-10,15-16H/b9-8+. The summed E-state index contributed by atoms with van der Waals surface area (Å²) in [5.74, 6) is 0. The molecule has 0 atom stereocenters. The van der Waals surface area contributed by atoms with E-state index in [2.05, 4.69) is 10.5 Å². The van der Waals surface area contributed by atoms with Gasteiger partial charge in [0.05, 0.1) is 11.4 Å². The Balaban J connectivity index is 2.24. The molecule has 0 aliphatic rings. The molecule has 3 nitrogen and oxygen atoms in total. The Morgan fingerprint density at radius 1 is 1.00 bits per heavy atom. The van der Waals surface area contributed by atoms with E-state index in [1.807, 2.05) is 42.5 Å². The molecule has 80 valence electrons. The highest BCUT2D eigenvalue weighted by atomic mass is 16.5. The average molecular weight is 212 g/mol. The fourth-order valence-corrected chi connectivity index (χ4v) is 1.38. The molecule has 0 saturated heterocycles. The molecule has 0 saturated carbocycles. The summed E-state index contributed by atoms with van der Waals surface area (Å²) in [4.78, 5) is 4.16. The summed E-state index contributed by atoms with van der Waals surface area (Å²) in [6, 6.07) is 13.5. The number of hydrogen-bond acceptors (Lipinski definition) is 3. The lowest BCUT2D eigenvalue weighted by atomic mass is 10.2. The van der Waals surface area contributed by atoms with E-state index >= 15 is 0 Å². The molecule has 0 aliphatic heterocycles. The van der Waals surface area contributed by atoms with E-state index in [0.29, 0.717) is 11.4 Å². The lowest BCUT2D eigenvalue weighted by Crippen LogP contribution is -1.93. The van der Waals surface area contributed by atoms with Crippen LogP contribution in [-0.2, 0) is 0 Å². The summed E-state index contributed by atoms with van der Waals surface area (Å²) in [5.41, 5.74) is 4.51. The van der Waals surface area contributed by atoms with Crippen LogP contribution in [0.3, 0.4) is 0 Å². The summed E-state index contributed by atoms with van der Waals surface area (Å²) >= 11 is 0. The van der Waals surface area contributed by atoms with Crippen LogP contribution in [0.1, 0.15) is 11.3 Å². The van der Waals surface area contributed by atoms with E-state index < -0.39 is 0 Å². The molecule has 0 fully saturated rings. The maximum absolute atomic E-state index is 8.89. The van der Waals surface area contributed by atoms with Gasteiger partial charge in [-0.15, -0.1) is 0 Å². The Morgan fingerprint density at radius 2 is 1.81 bits per heavy atom. The van der Waals surface area contributed by atoms with Crippen molar-refractivity contribution in [3.05, 3.63) is 59.9 Å². The van der Waals surface area contributed by atoms with Crippen molar-refractivity contribution in [2.75, 3.05) is 5.48 Å². The summed E-state index contributed by atoms with van der Waals surface area (Å²) in [6.45, 7) is 0. The smallest absolute Gasteiger partial charge is 0.0884 e. The molecule has 16 heavy (non-hydrogen) atoms. The number of pyridine rings is 1. The highest BCUT2D eigenvalue weighted by molar-refractivity contribution is 5.73. The van der Waals surface area contributed by atoms with Gasteiger partial charge in [0.25, 0.3) is 0 Å². The van der Waals surface area contributed by atoms with Crippen molar-refractivity contribution in [1.29, 1.82) is 0 Å². The van der Waals surface area contributed by atoms with Crippen LogP contribution in [0.5, 0.6) is 0 Å². The molecule has 1 aromatic carbocycles. The molecule has 0 amide bonds. The second-order valence-corrected chi connectivity index (χ2v) is 3.29. The third-order valence-corrected chi connectivity index (χ3v) is 2.19. The number of hydrogen-bond donors (Lipinski definition) is 2. The first-order valence-electron chi connectivity index (χ1n) is 4.98. The van der Waals surface area contributed by atoms with Crippen LogP contribution in [0.4, 0.5) is 5.69 Å². The Morgan fingerprint density at radius 3 is 2.56 bits per heavy atom. The molecule has 0 unspecified atom stereocenters. The molecular formula is C13H12N2O. The van der Waals surface area contributed by atoms with Crippen LogP contribution >= 0.6 is 0 Å². The second-order valence-electron chi connectivity index (χ2n) is 3.29. The van der Waals surface area contributed by atoms with Crippen LogP contribution < -0.4 is 5.48 Å². The van der Waals surface area contributed by atoms with Gasteiger partial charge in [0.1, 0.15) is 0 Å². The normalized spacial score (nSPS) is 10.6. The minimum atomic E-state index is 0.592. The molecule has 0 bridgehead atoms. The second kappa shape index (κ2) is 5.09. The zero-order valence-electron chi connectivity index (χ0n) is 8.67. The van der Waals surface area contributed by atoms with Gasteiger partial charge >= 0.3 is 0 Å². The van der Waals surface area contributed by atoms with Crippen molar-refractivity contribution in [2.45, 2.75) is 0 Å². The molecule has 0 radical (unpaired) electrons. The summed E-state index contributed by atoms with van der Waals surface area (Å²) in [5, 5.41) is 8.89. The van der Waals surface area contributed by atoms with Crippen LogP contribution in [0.25, 0.3) is 12.2 Å². The average Bonchev–Trinajstić information content (AvgIpc) is 2.38. The Hall–Kier alpha value is -2.13. The first-order valence-corrected chi connectivity index (χ1v) is 4.98. The minimum Gasteiger partial charge on any atom is -0.291 e. The number of nitrogens with one attached hydrogen (secondary N) is 1. The van der Waals surface area contributed by atoms with E-state index in [9.17, 15) is 0 Å². The van der Waals surface area contributed by atoms with Gasteiger partial charge in [0, 0.05) is 6.20 Å². The number of anilines is 1. The lowest BCUT2D eigenvalue weighted by molar-refractivity contribution is 0.388. The summed E-state index contributed by atoms with van der Waals surface area (Å²) in [7, 11) is 0. The summed E-state index contributed by atoms with van der Waals surface area (Å²) < 4.78 is 0. The van der Waals surface area contributed by atoms with Crippen LogP contribution in [0, 0.1) is 0 Å². The largest absolute Gasteiger partial charge is 0.291 e. The van der Waals surface area contributed by atoms with Gasteiger partial charge in [-0.2, -0.15) is 0 Å². The molecule has 1 aromatic heterocycles. The monoisotopic (exact) mass is 212 g/mol. The SMILES string of the molecule is ONc1cccnc1/C=C/c1ccccc1. The zero-order valence-corrected chi connectivity index (χ0v) is 8.67. The number of rotatable bonds is 3. The van der Waals surface area contributed by atoms with Crippen molar-refractivity contribution in [3.8, 4) is 0 Å². The topological polar surface area (TPSA) is 45.1 Å². The Labute approximate surface area is 94.0 Å². The third-order valence-electron chi connectivity index (χ3n) is 2.19. The maximum atomic E-state index is 8.89. The molecule has 2 N–H and O–H groups in total. The van der Waals surface area contributed by atoms with Gasteiger partial charge in [-0.25, -0.2) is 0 Å². The quantitative estimate of drug-likeness (QED) is 0.768. The maximum Gasteiger partial charge on any atom is 0.0884 e. The van der Waals surface area contributed by atoms with Crippen LogP contribution in [0.2, 0.25) is 0 Å². The van der Waals surface area contributed by atoms with Crippen molar-refractivity contribution >= 4 is 17.8 Å². The Bertz CT molecular complexity index is 480. The van der Waals surface area contributed by atoms with E-state index in [-0.39, 0.29) is 0 Å². The number of benzene rings is 1. The molecule has 3 heteroatoms. The predicted octanol–water partition coefficient (Wildman–Crippen LogP) is 3.05. The van der Waals surface area contributed by atoms with Crippen molar-refractivity contribution in [1.82, 2.24) is 4.98 Å². The number of nitrogens with zero attached hydrogens (tertiary/aromatic N) is 1. The van der Waals surface area contributed by atoms with E-state index in [4.69, 9.17) is 5.21 Å². The molecule has 0 aliphatic carbocycles. The van der Waals surface area contributed by atoms with Gasteiger partial charge in [-0.3, -0.25) is 15.7 Å². The van der Waals surface area contributed by atoms with Crippen LogP contribution in [-0.4, -0.2) is 10.2 Å². The van der Waals surface area contributed by atoms with Crippen molar-refractivity contribution in [2.24, 2.45) is 0 Å². The van der Waals surface area contributed by atoms with Gasteiger partial charge in [-0.1, -0.05) is 36.4 Å². The highest BCUT2D eigenvalue weighted by Gasteiger charge is 1.96. The van der Waals surface area contributed by atoms with E-state index in [0.717, 1.165) is 5.56 Å². The van der Waals surface area contributed by atoms with E-state index in [1.54, 1.807) is 18.3 Å². The predicted molar refractivity (Wildman–Crippen MR) is 65.0 cm³/mol. The highest BCUT2D eigenvalue weighted by Crippen LogP contribution is 2.14. The van der Waals surface area contributed by atoms with E-state index in [1.165, 1.54) is 0 Å². The first-order chi connectivity index (χ1) is 7.90. The molecule has 1 heterocycles. The Kier molecular flexibility index (Phi) is 3.31. The molecular weight excluding hydrogens is 200 g/mol. The van der Waals surface area contributed by atoms with Crippen molar-refractivity contribution in [3.63, 3.8) is 0 Å². The van der Waals surface area contributed by atoms with Gasteiger partial charge in [0.2, 0.25) is 0 Å². The lowest BCUT2D eigenvalue weighted by Gasteiger charge is -2.01. The minimum absolute atomic E-state index is 0.592. The molecule has 0 spiro atoms. The van der Waals surface area contributed by atoms with Gasteiger partial charge in [-0.05, 0) is 23.8 Å². The van der Waals surface area contributed by atoms with Gasteiger partial charge < -0.3 is 0 Å². The fourth-order valence-electron chi connectivity index (χ4n) is 1.38. The first kappa shape index (κ1) is 10.4. The number of aromatic nitrogens is 1. The van der Waals surface area contributed by atoms with Gasteiger partial charge in [0.15, 0.2) is 0 Å². The molecule has 2 aromatic rings. The fraction of sp³-hybridized carbons (Fsp3) is 0. The molecule has 2 rings (SSSR count). The van der Waals surface area contributed by atoms with Crippen molar-refractivity contribution < 1.29 is 5.21 Å².